The number of anilines is 1. The average molecular weight is 284 g/mol. The monoisotopic (exact) mass is 284 g/mol. The highest BCUT2D eigenvalue weighted by Crippen LogP contribution is 2.17. The molecule has 21 heavy (non-hydrogen) atoms. The molecule has 0 aliphatic heterocycles. The van der Waals surface area contributed by atoms with E-state index < -0.39 is 0 Å². The number of carbonyl (C=O) groups is 1. The summed E-state index contributed by atoms with van der Waals surface area (Å²) in [5.41, 5.74) is 2.88. The highest BCUT2D eigenvalue weighted by atomic mass is 16.1. The predicted molar refractivity (Wildman–Crippen MR) is 82.9 cm³/mol. The van der Waals surface area contributed by atoms with Crippen LogP contribution < -0.4 is 10.6 Å². The molecule has 5 nitrogen and oxygen atoms in total. The van der Waals surface area contributed by atoms with Crippen molar-refractivity contribution < 1.29 is 4.79 Å². The Hall–Kier alpha value is -2.43. The van der Waals surface area contributed by atoms with Crippen molar-refractivity contribution in [2.24, 2.45) is 0 Å². The molecule has 0 saturated heterocycles. The number of aromatic nitrogens is 2. The number of hydrogen-bond donors (Lipinski definition) is 2. The second-order valence-corrected chi connectivity index (χ2v) is 4.82. The SMILES string of the molecule is CCNC(=O)Cc1ccc(NC(C)c2cnccn2)cc1. The van der Waals surface area contributed by atoms with Crippen LogP contribution in [0.15, 0.2) is 42.9 Å². The number of nitrogens with one attached hydrogen (secondary N) is 2. The van der Waals surface area contributed by atoms with Gasteiger partial charge in [-0.05, 0) is 31.5 Å². The third kappa shape index (κ3) is 4.56. The summed E-state index contributed by atoms with van der Waals surface area (Å²) in [6.45, 7) is 4.61. The van der Waals surface area contributed by atoms with Gasteiger partial charge < -0.3 is 10.6 Å². The Morgan fingerprint density at radius 1 is 1.24 bits per heavy atom. The van der Waals surface area contributed by atoms with Gasteiger partial charge in [-0.25, -0.2) is 0 Å². The van der Waals surface area contributed by atoms with E-state index >= 15 is 0 Å². The third-order valence-corrected chi connectivity index (χ3v) is 3.10. The number of carbonyl (C=O) groups excluding carboxylic acids is 1. The first-order valence-electron chi connectivity index (χ1n) is 7.07. The molecule has 110 valence electrons. The van der Waals surface area contributed by atoms with E-state index in [9.17, 15) is 4.79 Å². The Balaban J connectivity index is 1.95. The van der Waals surface area contributed by atoms with Gasteiger partial charge in [-0.15, -0.1) is 0 Å². The Labute approximate surface area is 124 Å². The molecule has 2 N–H and O–H groups in total. The van der Waals surface area contributed by atoms with Crippen LogP contribution in [0.2, 0.25) is 0 Å². The Morgan fingerprint density at radius 3 is 2.62 bits per heavy atom. The second-order valence-electron chi connectivity index (χ2n) is 4.82. The van der Waals surface area contributed by atoms with E-state index in [1.54, 1.807) is 18.6 Å². The molecule has 2 rings (SSSR count). The molecule has 0 fully saturated rings. The quantitative estimate of drug-likeness (QED) is 0.854. The lowest BCUT2D eigenvalue weighted by Gasteiger charge is -2.14. The van der Waals surface area contributed by atoms with Crippen LogP contribution in [0.25, 0.3) is 0 Å². The molecule has 1 aromatic heterocycles. The van der Waals surface area contributed by atoms with Crippen LogP contribution >= 0.6 is 0 Å². The van der Waals surface area contributed by atoms with Gasteiger partial charge in [-0.3, -0.25) is 14.8 Å². The first kappa shape index (κ1) is 15.0. The average Bonchev–Trinajstić information content (AvgIpc) is 2.50. The summed E-state index contributed by atoms with van der Waals surface area (Å²) in [5.74, 6) is 0.0473. The molecule has 0 radical (unpaired) electrons. The van der Waals surface area contributed by atoms with Crippen molar-refractivity contribution >= 4 is 11.6 Å². The maximum atomic E-state index is 11.5. The van der Waals surface area contributed by atoms with Gasteiger partial charge in [-0.1, -0.05) is 12.1 Å². The number of rotatable bonds is 6. The Morgan fingerprint density at radius 2 is 2.00 bits per heavy atom. The van der Waals surface area contributed by atoms with Gasteiger partial charge in [0.1, 0.15) is 0 Å². The smallest absolute Gasteiger partial charge is 0.224 e. The van der Waals surface area contributed by atoms with Crippen molar-refractivity contribution in [1.29, 1.82) is 0 Å². The molecule has 2 aromatic rings. The molecule has 5 heteroatoms. The van der Waals surface area contributed by atoms with Gasteiger partial charge in [0.05, 0.1) is 24.4 Å². The van der Waals surface area contributed by atoms with E-state index in [0.717, 1.165) is 16.9 Å². The lowest BCUT2D eigenvalue weighted by Crippen LogP contribution is -2.24. The standard InChI is InChI=1S/C16H20N4O/c1-3-18-16(21)10-13-4-6-14(7-5-13)20-12(2)15-11-17-8-9-19-15/h4-9,11-12,20H,3,10H2,1-2H3,(H,18,21). The Kier molecular flexibility index (Phi) is 5.26. The van der Waals surface area contributed by atoms with Gasteiger partial charge in [-0.2, -0.15) is 0 Å². The van der Waals surface area contributed by atoms with E-state index in [1.165, 1.54) is 0 Å². The molecule has 0 saturated carbocycles. The molecule has 1 unspecified atom stereocenters. The summed E-state index contributed by atoms with van der Waals surface area (Å²) in [7, 11) is 0. The summed E-state index contributed by atoms with van der Waals surface area (Å²) < 4.78 is 0. The number of amides is 1. The summed E-state index contributed by atoms with van der Waals surface area (Å²) in [6.07, 6.45) is 5.50. The maximum Gasteiger partial charge on any atom is 0.224 e. The topological polar surface area (TPSA) is 66.9 Å². The van der Waals surface area contributed by atoms with Crippen LogP contribution in [0.1, 0.15) is 31.1 Å². The highest BCUT2D eigenvalue weighted by molar-refractivity contribution is 5.78. The molecule has 0 aliphatic carbocycles. The van der Waals surface area contributed by atoms with Gasteiger partial charge in [0, 0.05) is 24.6 Å². The van der Waals surface area contributed by atoms with E-state index in [1.807, 2.05) is 38.1 Å². The maximum absolute atomic E-state index is 11.5. The van der Waals surface area contributed by atoms with Crippen molar-refractivity contribution in [3.63, 3.8) is 0 Å². The van der Waals surface area contributed by atoms with Gasteiger partial charge in [0.25, 0.3) is 0 Å². The molecular weight excluding hydrogens is 264 g/mol. The van der Waals surface area contributed by atoms with Crippen molar-refractivity contribution in [2.75, 3.05) is 11.9 Å². The van der Waals surface area contributed by atoms with Crippen LogP contribution in [0.5, 0.6) is 0 Å². The van der Waals surface area contributed by atoms with Crippen LogP contribution in [0.3, 0.4) is 0 Å². The van der Waals surface area contributed by atoms with Crippen LogP contribution in [0.4, 0.5) is 5.69 Å². The molecular formula is C16H20N4O. The minimum Gasteiger partial charge on any atom is -0.377 e. The molecule has 0 aliphatic rings. The lowest BCUT2D eigenvalue weighted by atomic mass is 10.1. The van der Waals surface area contributed by atoms with E-state index in [0.29, 0.717) is 13.0 Å². The first-order valence-corrected chi connectivity index (χ1v) is 7.07. The molecule has 1 aromatic carbocycles. The number of likely N-dealkylation sites (N-methyl/N-ethyl adjacent to an activating group) is 1. The largest absolute Gasteiger partial charge is 0.377 e. The van der Waals surface area contributed by atoms with Crippen LogP contribution in [-0.2, 0) is 11.2 Å². The van der Waals surface area contributed by atoms with Crippen molar-refractivity contribution in [1.82, 2.24) is 15.3 Å². The summed E-state index contributed by atoms with van der Waals surface area (Å²) >= 11 is 0. The van der Waals surface area contributed by atoms with Gasteiger partial charge in [0.2, 0.25) is 5.91 Å². The van der Waals surface area contributed by atoms with E-state index in [4.69, 9.17) is 0 Å². The zero-order valence-electron chi connectivity index (χ0n) is 12.3. The zero-order chi connectivity index (χ0) is 15.1. The zero-order valence-corrected chi connectivity index (χ0v) is 12.3. The van der Waals surface area contributed by atoms with Gasteiger partial charge >= 0.3 is 0 Å². The van der Waals surface area contributed by atoms with Crippen molar-refractivity contribution in [3.05, 3.63) is 54.1 Å². The molecule has 0 bridgehead atoms. The fraction of sp³-hybridized carbons (Fsp3) is 0.312. The number of hydrogen-bond acceptors (Lipinski definition) is 4. The summed E-state index contributed by atoms with van der Waals surface area (Å²) in [5, 5.41) is 6.15. The van der Waals surface area contributed by atoms with Crippen LogP contribution in [0, 0.1) is 0 Å². The molecule has 1 heterocycles. The van der Waals surface area contributed by atoms with Crippen molar-refractivity contribution in [2.45, 2.75) is 26.3 Å². The summed E-state index contributed by atoms with van der Waals surface area (Å²) in [6, 6.07) is 7.94. The predicted octanol–water partition coefficient (Wildman–Crippen LogP) is 2.33. The lowest BCUT2D eigenvalue weighted by molar-refractivity contribution is -0.120. The molecule has 1 amide bonds. The Bertz CT molecular complexity index is 569. The van der Waals surface area contributed by atoms with Crippen LogP contribution in [-0.4, -0.2) is 22.4 Å². The van der Waals surface area contributed by atoms with E-state index in [2.05, 4.69) is 20.6 Å². The fourth-order valence-electron chi connectivity index (χ4n) is 2.02. The molecule has 1 atom stereocenters. The first-order chi connectivity index (χ1) is 10.2. The normalized spacial score (nSPS) is 11.7. The summed E-state index contributed by atoms with van der Waals surface area (Å²) in [4.78, 5) is 19.9. The fourth-order valence-corrected chi connectivity index (χ4v) is 2.02. The number of nitrogens with zero attached hydrogens (tertiary/aromatic N) is 2. The number of benzene rings is 1. The minimum atomic E-state index is 0.0473. The highest BCUT2D eigenvalue weighted by Gasteiger charge is 2.07. The third-order valence-electron chi connectivity index (χ3n) is 3.10. The van der Waals surface area contributed by atoms with E-state index in [-0.39, 0.29) is 11.9 Å². The second kappa shape index (κ2) is 7.38. The molecule has 0 spiro atoms. The minimum absolute atomic E-state index is 0.0473. The van der Waals surface area contributed by atoms with Gasteiger partial charge in [0.15, 0.2) is 0 Å². The van der Waals surface area contributed by atoms with Crippen molar-refractivity contribution in [3.8, 4) is 0 Å².